The molecule has 0 aliphatic heterocycles. The van der Waals surface area contributed by atoms with E-state index in [4.69, 9.17) is 9.47 Å². The van der Waals surface area contributed by atoms with Gasteiger partial charge < -0.3 is 9.47 Å². The van der Waals surface area contributed by atoms with Crippen LogP contribution in [0.4, 0.5) is 0 Å². The first-order valence-electron chi connectivity index (χ1n) is 10.5. The molecule has 32 heavy (non-hydrogen) atoms. The molecule has 168 valence electrons. The molecule has 0 amide bonds. The third kappa shape index (κ3) is 4.21. The number of benzene rings is 1. The fourth-order valence-corrected chi connectivity index (χ4v) is 3.57. The van der Waals surface area contributed by atoms with Crippen molar-refractivity contribution in [3.05, 3.63) is 69.0 Å². The molecule has 8 nitrogen and oxygen atoms in total. The summed E-state index contributed by atoms with van der Waals surface area (Å²) in [7, 11) is 2.98. The van der Waals surface area contributed by atoms with Gasteiger partial charge in [-0.1, -0.05) is 38.1 Å². The number of carbonyl (C=O) groups excluding carboxylic acids is 1. The van der Waals surface area contributed by atoms with Crippen molar-refractivity contribution < 1.29 is 19.3 Å². The number of hydrogen-bond acceptors (Lipinski definition) is 5. The second-order valence-electron chi connectivity index (χ2n) is 7.54. The number of hydrogen-bond donors (Lipinski definition) is 0. The molecule has 0 bridgehead atoms. The number of rotatable bonds is 8. The molecular formula is C24H28N3O5+. The third-order valence-corrected chi connectivity index (χ3v) is 5.29. The minimum atomic E-state index is -0.588. The Kier molecular flexibility index (Phi) is 6.92. The van der Waals surface area contributed by atoms with Crippen LogP contribution in [0.3, 0.4) is 0 Å². The molecule has 3 rings (SSSR count). The number of H-pyrrole nitrogens is 1. The van der Waals surface area contributed by atoms with Gasteiger partial charge in [0.15, 0.2) is 0 Å². The minimum Gasteiger partial charge on any atom is -0.494 e. The second kappa shape index (κ2) is 9.64. The van der Waals surface area contributed by atoms with Gasteiger partial charge in [0.1, 0.15) is 29.0 Å². The summed E-state index contributed by atoms with van der Waals surface area (Å²) in [6, 6.07) is 7.19. The number of fused-ring (bicyclic) bond motifs is 1. The molecule has 0 saturated heterocycles. The summed E-state index contributed by atoms with van der Waals surface area (Å²) in [6.07, 6.45) is 3.45. The number of aromatic nitrogens is 3. The van der Waals surface area contributed by atoms with E-state index in [9.17, 15) is 14.4 Å². The van der Waals surface area contributed by atoms with Gasteiger partial charge in [-0.3, -0.25) is 4.79 Å². The highest BCUT2D eigenvalue weighted by molar-refractivity contribution is 6.06. The number of aryl methyl sites for hydroxylation is 2. The summed E-state index contributed by atoms with van der Waals surface area (Å²) < 4.78 is 13.4. The van der Waals surface area contributed by atoms with E-state index in [1.165, 1.54) is 17.7 Å². The Hall–Kier alpha value is -3.68. The fraction of sp³-hybridized carbons (Fsp3) is 0.333. The van der Waals surface area contributed by atoms with Crippen molar-refractivity contribution in [3.63, 3.8) is 0 Å². The highest BCUT2D eigenvalue weighted by atomic mass is 16.5. The number of nitrogens with zero attached hydrogens (tertiary/aromatic N) is 2. The zero-order valence-electron chi connectivity index (χ0n) is 18.9. The predicted molar refractivity (Wildman–Crippen MR) is 122 cm³/mol. The molecule has 0 spiro atoms. The Balaban J connectivity index is 2.32. The van der Waals surface area contributed by atoms with E-state index < -0.39 is 17.2 Å². The van der Waals surface area contributed by atoms with Crippen LogP contribution in [-0.2, 0) is 18.8 Å². The van der Waals surface area contributed by atoms with Crippen LogP contribution in [0.25, 0.3) is 22.2 Å². The van der Waals surface area contributed by atoms with Crippen LogP contribution in [0.1, 0.15) is 35.8 Å². The monoisotopic (exact) mass is 438 g/mol. The lowest BCUT2D eigenvalue weighted by Crippen LogP contribution is -2.40. The van der Waals surface area contributed by atoms with Crippen LogP contribution in [0, 0.1) is 6.92 Å². The molecule has 0 fully saturated rings. The van der Waals surface area contributed by atoms with Crippen molar-refractivity contribution in [2.75, 3.05) is 13.2 Å². The lowest BCUT2D eigenvalue weighted by atomic mass is 9.95. The Labute approximate surface area is 185 Å². The van der Waals surface area contributed by atoms with Gasteiger partial charge in [-0.05, 0) is 31.0 Å². The molecule has 8 heteroatoms. The smallest absolute Gasteiger partial charge is 0.417 e. The van der Waals surface area contributed by atoms with Crippen molar-refractivity contribution in [2.45, 2.75) is 26.7 Å². The summed E-state index contributed by atoms with van der Waals surface area (Å²) in [6.45, 7) is 8.02. The van der Waals surface area contributed by atoms with Gasteiger partial charge in [-0.25, -0.2) is 19.1 Å². The minimum absolute atomic E-state index is 0.0330. The van der Waals surface area contributed by atoms with E-state index in [1.54, 1.807) is 38.2 Å². The van der Waals surface area contributed by atoms with Crippen molar-refractivity contribution in [1.82, 2.24) is 9.13 Å². The van der Waals surface area contributed by atoms with Gasteiger partial charge in [-0.15, -0.1) is 0 Å². The van der Waals surface area contributed by atoms with E-state index in [0.29, 0.717) is 34.8 Å². The molecule has 3 aromatic rings. The van der Waals surface area contributed by atoms with E-state index in [2.05, 4.69) is 18.5 Å². The Morgan fingerprint density at radius 1 is 1.16 bits per heavy atom. The molecule has 0 aliphatic rings. The maximum Gasteiger partial charge on any atom is 0.417 e. The van der Waals surface area contributed by atoms with Gasteiger partial charge >= 0.3 is 11.7 Å². The number of ether oxygens (including phenoxy) is 2. The van der Waals surface area contributed by atoms with Gasteiger partial charge in [0, 0.05) is 12.6 Å². The number of esters is 1. The van der Waals surface area contributed by atoms with Gasteiger partial charge in [0.25, 0.3) is 11.2 Å². The molecule has 0 aliphatic carbocycles. The van der Waals surface area contributed by atoms with Crippen molar-refractivity contribution in [3.8, 4) is 16.9 Å². The Morgan fingerprint density at radius 3 is 2.47 bits per heavy atom. The quantitative estimate of drug-likeness (QED) is 0.306. The first-order chi connectivity index (χ1) is 15.3. The van der Waals surface area contributed by atoms with E-state index in [0.717, 1.165) is 17.4 Å². The van der Waals surface area contributed by atoms with Gasteiger partial charge in [-0.2, -0.15) is 4.57 Å². The molecule has 0 unspecified atom stereocenters. The summed E-state index contributed by atoms with van der Waals surface area (Å²) in [4.78, 5) is 41.7. The standard InChI is InChI=1S/C24H27N3O5/c1-6-8-14-31-17-11-9-16(10-12-17)19-18(23(29)32-13-7-2)15(3)25-21-20(19)22(28)27(5)24(30)26(21)4/h7,9-12H,2,6,8,13-14H2,1,3-5H3/p+1. The number of carbonyl (C=O) groups is 1. The van der Waals surface area contributed by atoms with E-state index in [1.807, 2.05) is 0 Å². The van der Waals surface area contributed by atoms with Crippen LogP contribution in [-0.4, -0.2) is 28.3 Å². The lowest BCUT2D eigenvalue weighted by molar-refractivity contribution is -0.359. The average molecular weight is 439 g/mol. The normalized spacial score (nSPS) is 10.9. The number of aromatic amines is 1. The SMILES string of the molecule is C=CCOC(=O)c1c(C)[nH+]c2c(c1-c1ccc(OCCCC)cc1)c(=O)n(C)c(=O)n2C. The molecule has 2 aromatic heterocycles. The van der Waals surface area contributed by atoms with Crippen molar-refractivity contribution in [2.24, 2.45) is 14.1 Å². The van der Waals surface area contributed by atoms with E-state index >= 15 is 0 Å². The van der Waals surface area contributed by atoms with Crippen LogP contribution in [0.2, 0.25) is 0 Å². The van der Waals surface area contributed by atoms with E-state index in [-0.39, 0.29) is 17.6 Å². The number of unbranched alkanes of at least 4 members (excludes halogenated alkanes) is 1. The molecule has 0 radical (unpaired) electrons. The van der Waals surface area contributed by atoms with Gasteiger partial charge in [0.2, 0.25) is 0 Å². The maximum atomic E-state index is 13.2. The summed E-state index contributed by atoms with van der Waals surface area (Å²) >= 11 is 0. The molecule has 1 N–H and O–H groups in total. The Bertz CT molecular complexity index is 1290. The van der Waals surface area contributed by atoms with Crippen molar-refractivity contribution in [1.29, 1.82) is 0 Å². The topological polar surface area (TPSA) is 93.7 Å². The molecule has 0 atom stereocenters. The Morgan fingerprint density at radius 2 is 1.84 bits per heavy atom. The predicted octanol–water partition coefficient (Wildman–Crippen LogP) is 2.55. The molecular weight excluding hydrogens is 410 g/mol. The molecule has 1 aromatic carbocycles. The summed E-state index contributed by atoms with van der Waals surface area (Å²) in [5, 5.41) is 0.227. The maximum absolute atomic E-state index is 13.2. The van der Waals surface area contributed by atoms with Crippen LogP contribution in [0.15, 0.2) is 46.5 Å². The molecule has 0 saturated carbocycles. The zero-order valence-corrected chi connectivity index (χ0v) is 18.9. The second-order valence-corrected chi connectivity index (χ2v) is 7.54. The summed E-state index contributed by atoms with van der Waals surface area (Å²) in [5.41, 5.74) is 1.11. The number of pyridine rings is 1. The lowest BCUT2D eigenvalue weighted by Gasteiger charge is -2.14. The fourth-order valence-electron chi connectivity index (χ4n) is 3.57. The highest BCUT2D eigenvalue weighted by Crippen LogP contribution is 2.31. The van der Waals surface area contributed by atoms with Crippen molar-refractivity contribution >= 4 is 17.0 Å². The van der Waals surface area contributed by atoms with Crippen LogP contribution >= 0.6 is 0 Å². The zero-order chi connectivity index (χ0) is 23.4. The largest absolute Gasteiger partial charge is 0.494 e. The van der Waals surface area contributed by atoms with Gasteiger partial charge in [0.05, 0.1) is 13.7 Å². The average Bonchev–Trinajstić information content (AvgIpc) is 2.79. The summed E-state index contributed by atoms with van der Waals surface area (Å²) in [5.74, 6) is 0.108. The number of nitrogens with one attached hydrogen (secondary N) is 1. The van der Waals surface area contributed by atoms with Crippen LogP contribution in [0.5, 0.6) is 5.75 Å². The highest BCUT2D eigenvalue weighted by Gasteiger charge is 2.28. The first kappa shape index (κ1) is 23.0. The molecule has 2 heterocycles. The van der Waals surface area contributed by atoms with Crippen LogP contribution < -0.4 is 21.0 Å². The third-order valence-electron chi connectivity index (χ3n) is 5.29. The first-order valence-corrected chi connectivity index (χ1v) is 10.5.